The zero-order chi connectivity index (χ0) is 15.5. The number of tetrazole rings is 1. The monoisotopic (exact) mass is 300 g/mol. The maximum Gasteiger partial charge on any atom is 0.256 e. The molecular weight excluding hydrogens is 280 g/mol. The van der Waals surface area contributed by atoms with Gasteiger partial charge in [-0.1, -0.05) is 12.1 Å². The van der Waals surface area contributed by atoms with Crippen LogP contribution in [0.25, 0.3) is 5.69 Å². The molecule has 1 aromatic heterocycles. The van der Waals surface area contributed by atoms with Crippen LogP contribution in [-0.4, -0.2) is 50.1 Å². The van der Waals surface area contributed by atoms with Gasteiger partial charge in [0.05, 0.1) is 11.3 Å². The van der Waals surface area contributed by atoms with Crippen LogP contribution in [0.4, 0.5) is 0 Å². The van der Waals surface area contributed by atoms with E-state index in [-0.39, 0.29) is 11.9 Å². The third-order valence-electron chi connectivity index (χ3n) is 4.22. The third kappa shape index (κ3) is 2.85. The second-order valence-corrected chi connectivity index (χ2v) is 5.78. The van der Waals surface area contributed by atoms with E-state index in [9.17, 15) is 4.79 Å². The van der Waals surface area contributed by atoms with Crippen LogP contribution in [0, 0.1) is 5.92 Å². The fourth-order valence-electron chi connectivity index (χ4n) is 2.92. The van der Waals surface area contributed by atoms with Gasteiger partial charge in [0.2, 0.25) is 0 Å². The number of aromatic nitrogens is 4. The second-order valence-electron chi connectivity index (χ2n) is 5.78. The number of amides is 1. The van der Waals surface area contributed by atoms with Crippen molar-refractivity contribution < 1.29 is 4.79 Å². The van der Waals surface area contributed by atoms with Gasteiger partial charge in [0, 0.05) is 19.1 Å². The lowest BCUT2D eigenvalue weighted by molar-refractivity contribution is 0.0661. The normalized spacial score (nSPS) is 19.9. The van der Waals surface area contributed by atoms with Crippen molar-refractivity contribution in [1.82, 2.24) is 25.1 Å². The molecule has 1 aromatic carbocycles. The second kappa shape index (κ2) is 6.23. The van der Waals surface area contributed by atoms with Gasteiger partial charge in [0.1, 0.15) is 6.33 Å². The molecule has 1 aliphatic heterocycles. The van der Waals surface area contributed by atoms with E-state index in [0.29, 0.717) is 23.7 Å². The molecule has 1 saturated heterocycles. The Kier molecular flexibility index (Phi) is 4.15. The summed E-state index contributed by atoms with van der Waals surface area (Å²) in [6.07, 6.45) is 3.56. The van der Waals surface area contributed by atoms with Gasteiger partial charge in [-0.25, -0.2) is 0 Å². The number of para-hydroxylation sites is 1. The number of nitrogens with zero attached hydrogens (tertiary/aromatic N) is 5. The van der Waals surface area contributed by atoms with Gasteiger partial charge in [-0.15, -0.1) is 5.10 Å². The summed E-state index contributed by atoms with van der Waals surface area (Å²) in [6, 6.07) is 7.49. The zero-order valence-corrected chi connectivity index (χ0v) is 12.6. The lowest BCUT2D eigenvalue weighted by Gasteiger charge is -2.35. The first-order valence-corrected chi connectivity index (χ1v) is 7.54. The Bertz CT molecular complexity index is 639. The molecule has 1 fully saturated rings. The molecule has 116 valence electrons. The van der Waals surface area contributed by atoms with Gasteiger partial charge < -0.3 is 10.6 Å². The number of nitrogens with two attached hydrogens (primary N) is 1. The molecule has 7 nitrogen and oxygen atoms in total. The number of benzene rings is 1. The number of hydrogen-bond donors (Lipinski definition) is 1. The molecule has 22 heavy (non-hydrogen) atoms. The molecule has 0 spiro atoms. The Balaban J connectivity index is 1.87. The smallest absolute Gasteiger partial charge is 0.256 e. The van der Waals surface area contributed by atoms with E-state index in [1.165, 1.54) is 11.0 Å². The highest BCUT2D eigenvalue weighted by molar-refractivity contribution is 5.97. The molecular formula is C15H20N6O. The van der Waals surface area contributed by atoms with Crippen LogP contribution in [0.5, 0.6) is 0 Å². The summed E-state index contributed by atoms with van der Waals surface area (Å²) in [4.78, 5) is 14.8. The van der Waals surface area contributed by atoms with Gasteiger partial charge in [0.25, 0.3) is 5.91 Å². The molecule has 0 bridgehead atoms. The van der Waals surface area contributed by atoms with Crippen molar-refractivity contribution in [3.8, 4) is 5.69 Å². The fourth-order valence-corrected chi connectivity index (χ4v) is 2.92. The topological polar surface area (TPSA) is 89.9 Å². The number of likely N-dealkylation sites (tertiary alicyclic amines) is 1. The van der Waals surface area contributed by atoms with Crippen molar-refractivity contribution in [1.29, 1.82) is 0 Å². The summed E-state index contributed by atoms with van der Waals surface area (Å²) in [5.41, 5.74) is 7.31. The van der Waals surface area contributed by atoms with Crippen LogP contribution in [0.3, 0.4) is 0 Å². The van der Waals surface area contributed by atoms with Gasteiger partial charge >= 0.3 is 0 Å². The van der Waals surface area contributed by atoms with Gasteiger partial charge in [0.15, 0.2) is 0 Å². The maximum absolute atomic E-state index is 12.9. The number of carbonyl (C=O) groups is 1. The minimum absolute atomic E-state index is 0.0106. The van der Waals surface area contributed by atoms with Crippen LogP contribution < -0.4 is 5.73 Å². The molecule has 3 rings (SSSR count). The van der Waals surface area contributed by atoms with Gasteiger partial charge in [-0.05, 0) is 48.2 Å². The lowest BCUT2D eigenvalue weighted by atomic mass is 9.92. The summed E-state index contributed by atoms with van der Waals surface area (Å²) in [5.74, 6) is 0.370. The first kappa shape index (κ1) is 14.6. The van der Waals surface area contributed by atoms with E-state index in [1.54, 1.807) is 0 Å². The Labute approximate surface area is 129 Å². The fraction of sp³-hybridized carbons (Fsp3) is 0.467. The SMILES string of the molecule is C[C@H](N)[C@@H]1CCCN(C(=O)c2ccccc2-n2cnnn2)C1. The van der Waals surface area contributed by atoms with Crippen molar-refractivity contribution >= 4 is 5.91 Å². The number of hydrogen-bond acceptors (Lipinski definition) is 5. The van der Waals surface area contributed by atoms with Crippen LogP contribution in [0.15, 0.2) is 30.6 Å². The molecule has 0 aliphatic carbocycles. The Morgan fingerprint density at radius 3 is 2.95 bits per heavy atom. The average molecular weight is 300 g/mol. The van der Waals surface area contributed by atoms with Crippen molar-refractivity contribution in [2.24, 2.45) is 11.7 Å². The van der Waals surface area contributed by atoms with Crippen LogP contribution >= 0.6 is 0 Å². The van der Waals surface area contributed by atoms with Crippen LogP contribution in [0.1, 0.15) is 30.1 Å². The number of carbonyl (C=O) groups excluding carboxylic acids is 1. The van der Waals surface area contributed by atoms with Crippen molar-refractivity contribution in [3.63, 3.8) is 0 Å². The Morgan fingerprint density at radius 1 is 1.41 bits per heavy atom. The minimum atomic E-state index is 0.0106. The molecule has 7 heteroatoms. The van der Waals surface area contributed by atoms with E-state index >= 15 is 0 Å². The third-order valence-corrected chi connectivity index (χ3v) is 4.22. The quantitative estimate of drug-likeness (QED) is 0.908. The first-order valence-electron chi connectivity index (χ1n) is 7.54. The average Bonchev–Trinajstić information content (AvgIpc) is 3.08. The standard InChI is InChI=1S/C15H20N6O/c1-11(16)12-5-4-8-20(9-12)15(22)13-6-2-3-7-14(13)21-10-17-18-19-21/h2-3,6-7,10-12H,4-5,8-9,16H2,1H3/t11-,12+/m0/s1. The molecule has 0 radical (unpaired) electrons. The van der Waals surface area contributed by atoms with Crippen molar-refractivity contribution in [2.45, 2.75) is 25.8 Å². The van der Waals surface area contributed by atoms with E-state index < -0.39 is 0 Å². The molecule has 2 heterocycles. The van der Waals surface area contributed by atoms with Crippen LogP contribution in [0.2, 0.25) is 0 Å². The Morgan fingerprint density at radius 2 is 2.23 bits per heavy atom. The molecule has 2 N–H and O–H groups in total. The molecule has 2 aromatic rings. The highest BCUT2D eigenvalue weighted by atomic mass is 16.2. The highest BCUT2D eigenvalue weighted by Gasteiger charge is 2.27. The minimum Gasteiger partial charge on any atom is -0.338 e. The molecule has 1 aliphatic rings. The molecule has 0 saturated carbocycles. The summed E-state index contributed by atoms with van der Waals surface area (Å²) < 4.78 is 1.51. The lowest BCUT2D eigenvalue weighted by Crippen LogP contribution is -2.45. The van der Waals surface area contributed by atoms with Gasteiger partial charge in [-0.2, -0.15) is 4.68 Å². The predicted molar refractivity (Wildman–Crippen MR) is 81.4 cm³/mol. The van der Waals surface area contributed by atoms with E-state index in [2.05, 4.69) is 15.5 Å². The van der Waals surface area contributed by atoms with E-state index in [0.717, 1.165) is 19.4 Å². The van der Waals surface area contributed by atoms with Crippen LogP contribution in [-0.2, 0) is 0 Å². The summed E-state index contributed by atoms with van der Waals surface area (Å²) in [6.45, 7) is 3.49. The molecule has 2 atom stereocenters. The highest BCUT2D eigenvalue weighted by Crippen LogP contribution is 2.22. The number of piperidine rings is 1. The molecule has 1 amide bonds. The predicted octanol–water partition coefficient (Wildman–Crippen LogP) is 0.862. The maximum atomic E-state index is 12.9. The summed E-state index contributed by atoms with van der Waals surface area (Å²) in [7, 11) is 0. The van der Waals surface area contributed by atoms with E-state index in [4.69, 9.17) is 5.73 Å². The summed E-state index contributed by atoms with van der Waals surface area (Å²) >= 11 is 0. The van der Waals surface area contributed by atoms with Crippen molar-refractivity contribution in [2.75, 3.05) is 13.1 Å². The van der Waals surface area contributed by atoms with E-state index in [1.807, 2.05) is 36.1 Å². The molecule has 0 unspecified atom stereocenters. The first-order chi connectivity index (χ1) is 10.7. The zero-order valence-electron chi connectivity index (χ0n) is 12.6. The summed E-state index contributed by atoms with van der Waals surface area (Å²) in [5, 5.41) is 11.2. The van der Waals surface area contributed by atoms with Gasteiger partial charge in [-0.3, -0.25) is 4.79 Å². The number of rotatable bonds is 3. The van der Waals surface area contributed by atoms with Crippen molar-refractivity contribution in [3.05, 3.63) is 36.2 Å². The Hall–Kier alpha value is -2.28. The largest absolute Gasteiger partial charge is 0.338 e.